The molecule has 0 aliphatic heterocycles. The van der Waals surface area contributed by atoms with Crippen molar-refractivity contribution < 1.29 is 14.6 Å². The van der Waals surface area contributed by atoms with Crippen molar-refractivity contribution in [2.24, 2.45) is 5.92 Å². The number of carboxylic acid groups (broad SMARTS) is 1. The molecule has 1 saturated carbocycles. The fourth-order valence-corrected chi connectivity index (χ4v) is 1.96. The van der Waals surface area contributed by atoms with Gasteiger partial charge in [0.25, 0.3) is 0 Å². The molecule has 1 aromatic rings. The molecular weight excluding hydrogens is 218 g/mol. The molecule has 17 heavy (non-hydrogen) atoms. The summed E-state index contributed by atoms with van der Waals surface area (Å²) in [7, 11) is 1.62. The molecule has 0 bridgehead atoms. The van der Waals surface area contributed by atoms with E-state index < -0.39 is 12.0 Å². The van der Waals surface area contributed by atoms with Crippen LogP contribution in [-0.4, -0.2) is 24.2 Å². The first-order valence-electron chi connectivity index (χ1n) is 5.76. The maximum absolute atomic E-state index is 11.1. The molecule has 92 valence electrons. The Morgan fingerprint density at radius 2 is 2.24 bits per heavy atom. The monoisotopic (exact) mass is 235 g/mol. The van der Waals surface area contributed by atoms with Crippen molar-refractivity contribution in [2.75, 3.05) is 12.4 Å². The van der Waals surface area contributed by atoms with Crippen LogP contribution in [0.5, 0.6) is 5.75 Å². The minimum atomic E-state index is -0.777. The number of ether oxygens (including phenoxy) is 1. The zero-order valence-corrected chi connectivity index (χ0v) is 10.1. The van der Waals surface area contributed by atoms with E-state index in [1.807, 2.05) is 25.1 Å². The molecular formula is C13H17NO3. The summed E-state index contributed by atoms with van der Waals surface area (Å²) in [6.07, 6.45) is 2.00. The molecule has 1 aromatic carbocycles. The Labute approximate surface area is 101 Å². The molecule has 1 aliphatic carbocycles. The van der Waals surface area contributed by atoms with Crippen molar-refractivity contribution in [3.05, 3.63) is 23.8 Å². The third-order valence-electron chi connectivity index (χ3n) is 3.08. The molecule has 2 rings (SSSR count). The number of methoxy groups -OCH3 is 1. The largest absolute Gasteiger partial charge is 0.496 e. The zero-order valence-electron chi connectivity index (χ0n) is 10.1. The number of rotatable bonds is 5. The van der Waals surface area contributed by atoms with Crippen LogP contribution < -0.4 is 10.1 Å². The molecule has 1 atom stereocenters. The first kappa shape index (κ1) is 11.8. The molecule has 0 amide bonds. The highest BCUT2D eigenvalue weighted by atomic mass is 16.5. The van der Waals surface area contributed by atoms with Crippen molar-refractivity contribution >= 4 is 11.7 Å². The van der Waals surface area contributed by atoms with E-state index in [0.29, 0.717) is 0 Å². The van der Waals surface area contributed by atoms with E-state index in [0.717, 1.165) is 29.8 Å². The highest BCUT2D eigenvalue weighted by Crippen LogP contribution is 2.34. The van der Waals surface area contributed by atoms with Gasteiger partial charge < -0.3 is 15.2 Å². The highest BCUT2D eigenvalue weighted by Gasteiger charge is 2.36. The first-order chi connectivity index (χ1) is 8.11. The number of carbonyl (C=O) groups is 1. The summed E-state index contributed by atoms with van der Waals surface area (Å²) >= 11 is 0. The van der Waals surface area contributed by atoms with Crippen LogP contribution in [0.4, 0.5) is 5.69 Å². The Balaban J connectivity index is 2.11. The van der Waals surface area contributed by atoms with Gasteiger partial charge in [-0.25, -0.2) is 4.79 Å². The van der Waals surface area contributed by atoms with E-state index in [9.17, 15) is 4.79 Å². The molecule has 4 nitrogen and oxygen atoms in total. The predicted octanol–water partition coefficient (Wildman–Crippen LogP) is 2.28. The number of anilines is 1. The van der Waals surface area contributed by atoms with Gasteiger partial charge in [-0.3, -0.25) is 0 Å². The van der Waals surface area contributed by atoms with Gasteiger partial charge in [-0.1, -0.05) is 0 Å². The van der Waals surface area contributed by atoms with Gasteiger partial charge in [-0.15, -0.1) is 0 Å². The van der Waals surface area contributed by atoms with E-state index in [4.69, 9.17) is 9.84 Å². The molecule has 1 fully saturated rings. The zero-order chi connectivity index (χ0) is 12.4. The van der Waals surface area contributed by atoms with Gasteiger partial charge >= 0.3 is 5.97 Å². The molecule has 1 aliphatic rings. The minimum absolute atomic E-state index is 0.273. The smallest absolute Gasteiger partial charge is 0.326 e. The Kier molecular flexibility index (Phi) is 3.22. The van der Waals surface area contributed by atoms with Gasteiger partial charge in [-0.05, 0) is 49.4 Å². The fourth-order valence-electron chi connectivity index (χ4n) is 1.96. The lowest BCUT2D eigenvalue weighted by Crippen LogP contribution is -2.31. The van der Waals surface area contributed by atoms with E-state index in [1.54, 1.807) is 7.11 Å². The second-order valence-corrected chi connectivity index (χ2v) is 4.48. The lowest BCUT2D eigenvalue weighted by Gasteiger charge is -2.16. The topological polar surface area (TPSA) is 58.6 Å². The van der Waals surface area contributed by atoms with Gasteiger partial charge in [0.1, 0.15) is 11.8 Å². The number of hydrogen-bond donors (Lipinski definition) is 2. The summed E-state index contributed by atoms with van der Waals surface area (Å²) in [5.74, 6) is 0.310. The SMILES string of the molecule is COc1ccc(NC(C(=O)O)C2CC2)cc1C. The van der Waals surface area contributed by atoms with E-state index in [-0.39, 0.29) is 5.92 Å². The van der Waals surface area contributed by atoms with Gasteiger partial charge in [0.2, 0.25) is 0 Å². The van der Waals surface area contributed by atoms with E-state index in [1.165, 1.54) is 0 Å². The number of benzene rings is 1. The second-order valence-electron chi connectivity index (χ2n) is 4.48. The average molecular weight is 235 g/mol. The van der Waals surface area contributed by atoms with Crippen molar-refractivity contribution in [1.29, 1.82) is 0 Å². The summed E-state index contributed by atoms with van der Waals surface area (Å²) in [6.45, 7) is 1.94. The van der Waals surface area contributed by atoms with Gasteiger partial charge in [-0.2, -0.15) is 0 Å². The van der Waals surface area contributed by atoms with Crippen LogP contribution in [0.2, 0.25) is 0 Å². The molecule has 1 unspecified atom stereocenters. The molecule has 0 aromatic heterocycles. The quantitative estimate of drug-likeness (QED) is 0.822. The van der Waals surface area contributed by atoms with E-state index >= 15 is 0 Å². The Bertz CT molecular complexity index is 427. The van der Waals surface area contributed by atoms with Crippen LogP contribution in [0, 0.1) is 12.8 Å². The molecule has 0 radical (unpaired) electrons. The standard InChI is InChI=1S/C13H17NO3/c1-8-7-10(5-6-11(8)17-2)14-12(13(15)16)9-3-4-9/h5-7,9,12,14H,3-4H2,1-2H3,(H,15,16). The Morgan fingerprint density at radius 1 is 1.53 bits per heavy atom. The van der Waals surface area contributed by atoms with Crippen LogP contribution in [0.25, 0.3) is 0 Å². The molecule has 0 spiro atoms. The lowest BCUT2D eigenvalue weighted by atomic mass is 10.1. The maximum atomic E-state index is 11.1. The Hall–Kier alpha value is -1.71. The highest BCUT2D eigenvalue weighted by molar-refractivity contribution is 5.78. The second kappa shape index (κ2) is 4.65. The number of aryl methyl sites for hydroxylation is 1. The predicted molar refractivity (Wildman–Crippen MR) is 65.5 cm³/mol. The maximum Gasteiger partial charge on any atom is 0.326 e. The minimum Gasteiger partial charge on any atom is -0.496 e. The third kappa shape index (κ3) is 2.70. The molecule has 0 saturated heterocycles. The third-order valence-corrected chi connectivity index (χ3v) is 3.08. The van der Waals surface area contributed by atoms with Crippen molar-refractivity contribution in [3.8, 4) is 5.75 Å². The van der Waals surface area contributed by atoms with Crippen LogP contribution in [0.15, 0.2) is 18.2 Å². The van der Waals surface area contributed by atoms with Crippen molar-refractivity contribution in [3.63, 3.8) is 0 Å². The van der Waals surface area contributed by atoms with Crippen LogP contribution >= 0.6 is 0 Å². The number of aliphatic carboxylic acids is 1. The summed E-state index contributed by atoms with van der Waals surface area (Å²) in [5.41, 5.74) is 1.83. The molecule has 0 heterocycles. The van der Waals surface area contributed by atoms with Crippen molar-refractivity contribution in [1.82, 2.24) is 0 Å². The summed E-state index contributed by atoms with van der Waals surface area (Å²) < 4.78 is 5.17. The summed E-state index contributed by atoms with van der Waals surface area (Å²) in [6, 6.07) is 5.15. The normalized spacial score (nSPS) is 16.4. The van der Waals surface area contributed by atoms with Gasteiger partial charge in [0, 0.05) is 5.69 Å². The van der Waals surface area contributed by atoms with Crippen LogP contribution in [-0.2, 0) is 4.79 Å². The van der Waals surface area contributed by atoms with E-state index in [2.05, 4.69) is 5.32 Å². The van der Waals surface area contributed by atoms with Gasteiger partial charge in [0.05, 0.1) is 7.11 Å². The number of carboxylic acids is 1. The van der Waals surface area contributed by atoms with Gasteiger partial charge in [0.15, 0.2) is 0 Å². The molecule has 2 N–H and O–H groups in total. The molecule has 4 heteroatoms. The van der Waals surface area contributed by atoms with Crippen LogP contribution in [0.3, 0.4) is 0 Å². The van der Waals surface area contributed by atoms with Crippen molar-refractivity contribution in [2.45, 2.75) is 25.8 Å². The lowest BCUT2D eigenvalue weighted by molar-refractivity contribution is -0.138. The Morgan fingerprint density at radius 3 is 2.71 bits per heavy atom. The summed E-state index contributed by atoms with van der Waals surface area (Å²) in [4.78, 5) is 11.1. The van der Waals surface area contributed by atoms with Crippen LogP contribution in [0.1, 0.15) is 18.4 Å². The number of hydrogen-bond acceptors (Lipinski definition) is 3. The summed E-state index contributed by atoms with van der Waals surface area (Å²) in [5, 5.41) is 12.2. The average Bonchev–Trinajstić information content (AvgIpc) is 3.09. The first-order valence-corrected chi connectivity index (χ1v) is 5.76. The fraction of sp³-hybridized carbons (Fsp3) is 0.462. The number of nitrogens with one attached hydrogen (secondary N) is 1.